The van der Waals surface area contributed by atoms with Crippen molar-refractivity contribution in [3.05, 3.63) is 29.8 Å². The molecular weight excluding hydrogens is 318 g/mol. The number of ether oxygens (including phenoxy) is 2. The summed E-state index contributed by atoms with van der Waals surface area (Å²) in [7, 11) is 0.546. The van der Waals surface area contributed by atoms with Crippen molar-refractivity contribution in [1.82, 2.24) is 4.90 Å². The SMILES string of the molecule is COc1ccccc1COC[C@@H](O)CN(C)[C@H]1CCS(=O)(=O)C1. The smallest absolute Gasteiger partial charge is 0.151 e. The highest BCUT2D eigenvalue weighted by molar-refractivity contribution is 7.91. The molecule has 130 valence electrons. The molecule has 6 nitrogen and oxygen atoms in total. The molecule has 1 fully saturated rings. The number of nitrogens with zero attached hydrogens (tertiary/aromatic N) is 1. The van der Waals surface area contributed by atoms with Crippen LogP contribution in [0.25, 0.3) is 0 Å². The fourth-order valence-electron chi connectivity index (χ4n) is 2.78. The molecule has 7 heteroatoms. The van der Waals surface area contributed by atoms with Crippen molar-refractivity contribution in [2.24, 2.45) is 0 Å². The van der Waals surface area contributed by atoms with Crippen LogP contribution in [0.1, 0.15) is 12.0 Å². The van der Waals surface area contributed by atoms with Crippen LogP contribution in [0.5, 0.6) is 5.75 Å². The molecule has 1 aromatic carbocycles. The fraction of sp³-hybridized carbons (Fsp3) is 0.625. The Kier molecular flexibility index (Phi) is 6.41. The lowest BCUT2D eigenvalue weighted by molar-refractivity contribution is 0.00863. The minimum absolute atomic E-state index is 0.0103. The van der Waals surface area contributed by atoms with E-state index in [1.165, 1.54) is 0 Å². The van der Waals surface area contributed by atoms with E-state index in [0.717, 1.165) is 11.3 Å². The van der Waals surface area contributed by atoms with Crippen molar-refractivity contribution in [3.8, 4) is 5.75 Å². The summed E-state index contributed by atoms with van der Waals surface area (Å²) < 4.78 is 33.8. The predicted octanol–water partition coefficient (Wildman–Crippen LogP) is 0.692. The minimum atomic E-state index is -2.91. The monoisotopic (exact) mass is 343 g/mol. The van der Waals surface area contributed by atoms with Crippen LogP contribution in [0.4, 0.5) is 0 Å². The van der Waals surface area contributed by atoms with Gasteiger partial charge in [-0.1, -0.05) is 18.2 Å². The van der Waals surface area contributed by atoms with Gasteiger partial charge >= 0.3 is 0 Å². The minimum Gasteiger partial charge on any atom is -0.496 e. The summed E-state index contributed by atoms with van der Waals surface area (Å²) in [6, 6.07) is 7.57. The summed E-state index contributed by atoms with van der Waals surface area (Å²) in [5, 5.41) is 10.1. The van der Waals surface area contributed by atoms with Gasteiger partial charge < -0.3 is 14.6 Å². The molecule has 0 aliphatic carbocycles. The van der Waals surface area contributed by atoms with Gasteiger partial charge in [-0.3, -0.25) is 4.90 Å². The largest absolute Gasteiger partial charge is 0.496 e. The molecule has 1 aromatic rings. The summed E-state index contributed by atoms with van der Waals surface area (Å²) in [6.45, 7) is 0.955. The van der Waals surface area contributed by atoms with E-state index in [9.17, 15) is 13.5 Å². The van der Waals surface area contributed by atoms with Gasteiger partial charge in [-0.2, -0.15) is 0 Å². The fourth-order valence-corrected chi connectivity index (χ4v) is 4.59. The number of aliphatic hydroxyl groups is 1. The van der Waals surface area contributed by atoms with Gasteiger partial charge in [0.2, 0.25) is 0 Å². The Morgan fingerprint density at radius 3 is 2.78 bits per heavy atom. The van der Waals surface area contributed by atoms with E-state index in [-0.39, 0.29) is 24.2 Å². The van der Waals surface area contributed by atoms with Gasteiger partial charge in [-0.05, 0) is 19.5 Å². The lowest BCUT2D eigenvalue weighted by atomic mass is 10.2. The van der Waals surface area contributed by atoms with Crippen LogP contribution in [0.3, 0.4) is 0 Å². The molecule has 1 heterocycles. The van der Waals surface area contributed by atoms with Crippen LogP contribution < -0.4 is 4.74 Å². The highest BCUT2D eigenvalue weighted by Gasteiger charge is 2.31. The lowest BCUT2D eigenvalue weighted by Gasteiger charge is -2.25. The quantitative estimate of drug-likeness (QED) is 0.748. The molecule has 0 radical (unpaired) electrons. The number of hydrogen-bond donors (Lipinski definition) is 1. The van der Waals surface area contributed by atoms with E-state index in [4.69, 9.17) is 9.47 Å². The number of para-hydroxylation sites is 1. The van der Waals surface area contributed by atoms with Crippen LogP contribution in [0, 0.1) is 0 Å². The molecule has 1 saturated heterocycles. The molecule has 0 unspecified atom stereocenters. The van der Waals surface area contributed by atoms with E-state index in [2.05, 4.69) is 0 Å². The molecule has 1 aliphatic heterocycles. The van der Waals surface area contributed by atoms with Crippen molar-refractivity contribution >= 4 is 9.84 Å². The van der Waals surface area contributed by atoms with Crippen LogP contribution >= 0.6 is 0 Å². The Bertz CT molecular complexity index is 604. The summed E-state index contributed by atoms with van der Waals surface area (Å²) in [4.78, 5) is 1.90. The first kappa shape index (κ1) is 18.2. The summed E-state index contributed by atoms with van der Waals surface area (Å²) >= 11 is 0. The molecule has 0 saturated carbocycles. The van der Waals surface area contributed by atoms with E-state index in [1.54, 1.807) is 7.11 Å². The Balaban J connectivity index is 1.74. The third-order valence-electron chi connectivity index (χ3n) is 4.09. The van der Waals surface area contributed by atoms with Gasteiger partial charge in [0.25, 0.3) is 0 Å². The Morgan fingerprint density at radius 2 is 2.13 bits per heavy atom. The molecule has 2 atom stereocenters. The highest BCUT2D eigenvalue weighted by atomic mass is 32.2. The number of aliphatic hydroxyl groups excluding tert-OH is 1. The second-order valence-electron chi connectivity index (χ2n) is 5.98. The zero-order valence-corrected chi connectivity index (χ0v) is 14.5. The second kappa shape index (κ2) is 8.10. The molecule has 0 amide bonds. The standard InChI is InChI=1S/C16H25NO5S/c1-17(14-7-8-23(19,20)12-14)9-15(18)11-22-10-13-5-3-4-6-16(13)21-2/h3-6,14-15,18H,7-12H2,1-2H3/t14-,15-/m0/s1. The molecule has 0 aromatic heterocycles. The lowest BCUT2D eigenvalue weighted by Crippen LogP contribution is -2.39. The topological polar surface area (TPSA) is 76.1 Å². The van der Waals surface area contributed by atoms with Gasteiger partial charge in [0.05, 0.1) is 37.9 Å². The Hall–Kier alpha value is -1.15. The number of sulfone groups is 1. The Labute approximate surface area is 137 Å². The summed E-state index contributed by atoms with van der Waals surface area (Å²) in [5.74, 6) is 1.18. The number of methoxy groups -OCH3 is 1. The average molecular weight is 343 g/mol. The van der Waals surface area contributed by atoms with Crippen molar-refractivity contribution in [2.75, 3.05) is 38.8 Å². The normalized spacial score (nSPS) is 21.5. The van der Waals surface area contributed by atoms with Crippen LogP contribution in [0.2, 0.25) is 0 Å². The van der Waals surface area contributed by atoms with Gasteiger partial charge in [0.1, 0.15) is 5.75 Å². The van der Waals surface area contributed by atoms with Gasteiger partial charge in [0, 0.05) is 18.2 Å². The van der Waals surface area contributed by atoms with Crippen LogP contribution in [0.15, 0.2) is 24.3 Å². The summed E-state index contributed by atoms with van der Waals surface area (Å²) in [6.07, 6.45) is -0.0221. The molecular formula is C16H25NO5S. The zero-order chi connectivity index (χ0) is 16.9. The molecule has 1 N–H and O–H groups in total. The molecule has 23 heavy (non-hydrogen) atoms. The third kappa shape index (κ3) is 5.46. The van der Waals surface area contributed by atoms with Crippen molar-refractivity contribution in [1.29, 1.82) is 0 Å². The number of likely N-dealkylation sites (N-methyl/N-ethyl adjacent to an activating group) is 1. The van der Waals surface area contributed by atoms with E-state index in [0.29, 0.717) is 19.6 Å². The average Bonchev–Trinajstić information content (AvgIpc) is 2.88. The van der Waals surface area contributed by atoms with Gasteiger partial charge in [-0.15, -0.1) is 0 Å². The molecule has 1 aliphatic rings. The second-order valence-corrected chi connectivity index (χ2v) is 8.21. The van der Waals surface area contributed by atoms with E-state index in [1.807, 2.05) is 36.2 Å². The molecule has 0 spiro atoms. The maximum atomic E-state index is 11.5. The summed E-state index contributed by atoms with van der Waals surface area (Å²) in [5.41, 5.74) is 0.928. The first-order valence-corrected chi connectivity index (χ1v) is 9.52. The maximum Gasteiger partial charge on any atom is 0.151 e. The van der Waals surface area contributed by atoms with Gasteiger partial charge in [0.15, 0.2) is 9.84 Å². The zero-order valence-electron chi connectivity index (χ0n) is 13.6. The maximum absolute atomic E-state index is 11.5. The van der Waals surface area contributed by atoms with Crippen LogP contribution in [-0.4, -0.2) is 69.4 Å². The van der Waals surface area contributed by atoms with Crippen LogP contribution in [-0.2, 0) is 21.2 Å². The number of benzene rings is 1. The first-order valence-electron chi connectivity index (χ1n) is 7.69. The molecule has 0 bridgehead atoms. The number of rotatable bonds is 8. The van der Waals surface area contributed by atoms with Crippen molar-refractivity contribution < 1.29 is 23.0 Å². The first-order chi connectivity index (χ1) is 10.9. The number of hydrogen-bond acceptors (Lipinski definition) is 6. The van der Waals surface area contributed by atoms with Crippen molar-refractivity contribution in [2.45, 2.75) is 25.2 Å². The predicted molar refractivity (Wildman–Crippen MR) is 88.3 cm³/mol. The van der Waals surface area contributed by atoms with E-state index >= 15 is 0 Å². The van der Waals surface area contributed by atoms with Crippen molar-refractivity contribution in [3.63, 3.8) is 0 Å². The molecule has 2 rings (SSSR count). The third-order valence-corrected chi connectivity index (χ3v) is 5.84. The highest BCUT2D eigenvalue weighted by Crippen LogP contribution is 2.19. The van der Waals surface area contributed by atoms with E-state index < -0.39 is 15.9 Å². The Morgan fingerprint density at radius 1 is 1.39 bits per heavy atom. The van der Waals surface area contributed by atoms with Gasteiger partial charge in [-0.25, -0.2) is 8.42 Å².